The lowest BCUT2D eigenvalue weighted by atomic mass is 10.1. The summed E-state index contributed by atoms with van der Waals surface area (Å²) in [6, 6.07) is 7.93. The fourth-order valence-electron chi connectivity index (χ4n) is 2.58. The Morgan fingerprint density at radius 2 is 2.20 bits per heavy atom. The second kappa shape index (κ2) is 7.28. The predicted molar refractivity (Wildman–Crippen MR) is 102 cm³/mol. The minimum absolute atomic E-state index is 0.0820. The molecule has 1 aromatic carbocycles. The van der Waals surface area contributed by atoms with E-state index in [1.807, 2.05) is 45.0 Å². The van der Waals surface area contributed by atoms with Gasteiger partial charge in [0.25, 0.3) is 0 Å². The molecule has 0 aliphatic rings. The van der Waals surface area contributed by atoms with Crippen molar-refractivity contribution in [1.29, 1.82) is 0 Å². The Bertz CT molecular complexity index is 970. The fraction of sp³-hybridized carbons (Fsp3) is 0.294. The minimum atomic E-state index is -0.178. The lowest BCUT2D eigenvalue weighted by molar-refractivity contribution is -0.116. The summed E-state index contributed by atoms with van der Waals surface area (Å²) in [4.78, 5) is 18.0. The van der Waals surface area contributed by atoms with E-state index >= 15 is 0 Å². The number of thiazole rings is 1. The van der Waals surface area contributed by atoms with Gasteiger partial charge in [0.2, 0.25) is 5.91 Å². The first-order valence-electron chi connectivity index (χ1n) is 7.96. The summed E-state index contributed by atoms with van der Waals surface area (Å²) in [5.41, 5.74) is 3.05. The Morgan fingerprint density at radius 1 is 1.40 bits per heavy atom. The van der Waals surface area contributed by atoms with E-state index < -0.39 is 0 Å². The number of aromatic amines is 1. The highest BCUT2D eigenvalue weighted by Crippen LogP contribution is 2.23. The van der Waals surface area contributed by atoms with E-state index in [9.17, 15) is 4.79 Å². The molecule has 0 saturated carbocycles. The third-order valence-electron chi connectivity index (χ3n) is 3.81. The molecule has 130 valence electrons. The van der Waals surface area contributed by atoms with Gasteiger partial charge in [0, 0.05) is 10.4 Å². The van der Waals surface area contributed by atoms with E-state index in [1.54, 1.807) is 4.57 Å². The zero-order valence-electron chi connectivity index (χ0n) is 14.3. The number of H-pyrrole nitrogens is 1. The van der Waals surface area contributed by atoms with Crippen molar-refractivity contribution in [3.8, 4) is 11.4 Å². The lowest BCUT2D eigenvalue weighted by Gasteiger charge is -2.07. The third kappa shape index (κ3) is 3.85. The molecule has 0 aliphatic heterocycles. The topological polar surface area (TPSA) is 75.6 Å². The smallest absolute Gasteiger partial charge is 0.246 e. The summed E-state index contributed by atoms with van der Waals surface area (Å²) in [7, 11) is 0. The second-order valence-corrected chi connectivity index (χ2v) is 7.32. The number of amides is 1. The van der Waals surface area contributed by atoms with E-state index in [4.69, 9.17) is 12.2 Å². The highest BCUT2D eigenvalue weighted by Gasteiger charge is 2.14. The fourth-order valence-corrected chi connectivity index (χ4v) is 3.70. The Kier molecular flexibility index (Phi) is 5.10. The summed E-state index contributed by atoms with van der Waals surface area (Å²) in [5, 5.41) is 10.5. The summed E-state index contributed by atoms with van der Waals surface area (Å²) < 4.78 is 2.11. The lowest BCUT2D eigenvalue weighted by Crippen LogP contribution is -2.19. The maximum Gasteiger partial charge on any atom is 0.246 e. The van der Waals surface area contributed by atoms with Gasteiger partial charge in [0.15, 0.2) is 15.7 Å². The molecular weight excluding hydrogens is 354 g/mol. The number of nitrogens with one attached hydrogen (secondary N) is 2. The normalized spacial score (nSPS) is 10.8. The summed E-state index contributed by atoms with van der Waals surface area (Å²) in [6.45, 7) is 6.15. The molecule has 0 atom stereocenters. The van der Waals surface area contributed by atoms with Crippen LogP contribution < -0.4 is 5.32 Å². The number of aryl methyl sites for hydroxylation is 3. The number of benzene rings is 1. The van der Waals surface area contributed by atoms with E-state index in [1.165, 1.54) is 11.3 Å². The predicted octanol–water partition coefficient (Wildman–Crippen LogP) is 3.88. The molecule has 2 N–H and O–H groups in total. The average Bonchev–Trinajstić information content (AvgIpc) is 3.10. The van der Waals surface area contributed by atoms with Gasteiger partial charge in [0.1, 0.15) is 6.54 Å². The SMILES string of the molecule is CCc1nc(NC(=O)Cn2c(-c3cccc(C)c3)n[nH]c2=S)sc1C. The number of carbonyl (C=O) groups is 1. The van der Waals surface area contributed by atoms with Gasteiger partial charge in [-0.2, -0.15) is 5.10 Å². The maximum atomic E-state index is 12.4. The summed E-state index contributed by atoms with van der Waals surface area (Å²) in [5.74, 6) is 0.469. The van der Waals surface area contributed by atoms with Crippen molar-refractivity contribution in [3.05, 3.63) is 45.2 Å². The van der Waals surface area contributed by atoms with Crippen LogP contribution >= 0.6 is 23.6 Å². The summed E-state index contributed by atoms with van der Waals surface area (Å²) in [6.07, 6.45) is 0.850. The number of aromatic nitrogens is 4. The molecule has 0 unspecified atom stereocenters. The van der Waals surface area contributed by atoms with Crippen LogP contribution in [0.3, 0.4) is 0 Å². The van der Waals surface area contributed by atoms with Crippen LogP contribution in [0.25, 0.3) is 11.4 Å². The van der Waals surface area contributed by atoms with Crippen LogP contribution in [0.4, 0.5) is 5.13 Å². The van der Waals surface area contributed by atoms with Gasteiger partial charge in [-0.15, -0.1) is 11.3 Å². The van der Waals surface area contributed by atoms with Crippen molar-refractivity contribution in [1.82, 2.24) is 19.7 Å². The molecule has 0 radical (unpaired) electrons. The Labute approximate surface area is 154 Å². The van der Waals surface area contributed by atoms with Crippen LogP contribution in [0.5, 0.6) is 0 Å². The molecule has 0 aliphatic carbocycles. The molecule has 8 heteroatoms. The van der Waals surface area contributed by atoms with Gasteiger partial charge in [-0.05, 0) is 38.6 Å². The van der Waals surface area contributed by atoms with Crippen LogP contribution in [0.1, 0.15) is 23.1 Å². The van der Waals surface area contributed by atoms with E-state index in [2.05, 4.69) is 20.5 Å². The quantitative estimate of drug-likeness (QED) is 0.666. The molecule has 2 aromatic heterocycles. The number of rotatable bonds is 5. The van der Waals surface area contributed by atoms with E-state index in [0.29, 0.717) is 15.7 Å². The van der Waals surface area contributed by atoms with Crippen molar-refractivity contribution in [2.75, 3.05) is 5.32 Å². The molecule has 0 fully saturated rings. The molecule has 0 saturated heterocycles. The van der Waals surface area contributed by atoms with Crippen LogP contribution in [-0.2, 0) is 17.8 Å². The first kappa shape index (κ1) is 17.5. The van der Waals surface area contributed by atoms with Crippen LogP contribution in [-0.4, -0.2) is 25.7 Å². The minimum Gasteiger partial charge on any atom is -0.300 e. The van der Waals surface area contributed by atoms with Crippen LogP contribution in [0.15, 0.2) is 24.3 Å². The van der Waals surface area contributed by atoms with Crippen LogP contribution in [0, 0.1) is 18.6 Å². The molecule has 25 heavy (non-hydrogen) atoms. The number of hydrogen-bond donors (Lipinski definition) is 2. The molecule has 0 spiro atoms. The third-order valence-corrected chi connectivity index (χ3v) is 5.05. The highest BCUT2D eigenvalue weighted by atomic mass is 32.1. The van der Waals surface area contributed by atoms with Gasteiger partial charge in [0.05, 0.1) is 5.69 Å². The van der Waals surface area contributed by atoms with Gasteiger partial charge in [-0.3, -0.25) is 14.5 Å². The Hall–Kier alpha value is -2.32. The zero-order chi connectivity index (χ0) is 18.0. The number of hydrogen-bond acceptors (Lipinski definition) is 5. The average molecular weight is 374 g/mol. The van der Waals surface area contributed by atoms with Crippen molar-refractivity contribution in [2.24, 2.45) is 0 Å². The monoisotopic (exact) mass is 373 g/mol. The van der Waals surface area contributed by atoms with Crippen molar-refractivity contribution < 1.29 is 4.79 Å². The first-order chi connectivity index (χ1) is 12.0. The number of carbonyl (C=O) groups excluding carboxylic acids is 1. The highest BCUT2D eigenvalue weighted by molar-refractivity contribution is 7.71. The molecule has 1 amide bonds. The molecule has 2 heterocycles. The van der Waals surface area contributed by atoms with Crippen molar-refractivity contribution in [2.45, 2.75) is 33.7 Å². The molecule has 0 bridgehead atoms. The largest absolute Gasteiger partial charge is 0.300 e. The Morgan fingerprint density at radius 3 is 2.88 bits per heavy atom. The number of nitrogens with zero attached hydrogens (tertiary/aromatic N) is 3. The van der Waals surface area contributed by atoms with Crippen LogP contribution in [0.2, 0.25) is 0 Å². The number of anilines is 1. The first-order valence-corrected chi connectivity index (χ1v) is 9.18. The maximum absolute atomic E-state index is 12.4. The van der Waals surface area contributed by atoms with E-state index in [-0.39, 0.29) is 12.5 Å². The summed E-state index contributed by atoms with van der Waals surface area (Å²) >= 11 is 6.77. The van der Waals surface area contributed by atoms with E-state index in [0.717, 1.165) is 28.1 Å². The standard InChI is InChI=1S/C17H19N5OS2/c1-4-13-11(3)25-16(18-13)19-14(23)9-22-15(20-21-17(22)24)12-7-5-6-10(2)8-12/h5-8H,4,9H2,1-3H3,(H,21,24)(H,18,19,23). The molecule has 3 aromatic rings. The molecule has 3 rings (SSSR count). The Balaban J connectivity index is 1.82. The van der Waals surface area contributed by atoms with Gasteiger partial charge in [-0.1, -0.05) is 30.7 Å². The van der Waals surface area contributed by atoms with Gasteiger partial charge >= 0.3 is 0 Å². The van der Waals surface area contributed by atoms with Crippen molar-refractivity contribution in [3.63, 3.8) is 0 Å². The van der Waals surface area contributed by atoms with Crippen molar-refractivity contribution >= 4 is 34.6 Å². The molecule has 6 nitrogen and oxygen atoms in total. The molecular formula is C17H19N5OS2. The van der Waals surface area contributed by atoms with Gasteiger partial charge < -0.3 is 5.32 Å². The van der Waals surface area contributed by atoms with Gasteiger partial charge in [-0.25, -0.2) is 4.98 Å². The zero-order valence-corrected chi connectivity index (χ0v) is 15.9. The second-order valence-electron chi connectivity index (χ2n) is 5.73.